The molecule has 144 valence electrons. The van der Waals surface area contributed by atoms with E-state index in [0.29, 0.717) is 29.5 Å². The lowest BCUT2D eigenvalue weighted by Gasteiger charge is -2.10. The monoisotopic (exact) mass is 371 g/mol. The van der Waals surface area contributed by atoms with Crippen molar-refractivity contribution in [3.05, 3.63) is 59.4 Å². The molecule has 0 aliphatic rings. The SMILES string of the molecule is C=C(CCC(=O)NCc1ncc(C)o1)NC(=O)COc1ccc(C)c(C)c1. The summed E-state index contributed by atoms with van der Waals surface area (Å²) in [5, 5.41) is 5.34. The Labute approximate surface area is 158 Å². The number of nitrogens with one attached hydrogen (secondary N) is 2. The molecule has 2 rings (SSSR count). The molecular weight excluding hydrogens is 346 g/mol. The van der Waals surface area contributed by atoms with Gasteiger partial charge in [0.25, 0.3) is 5.91 Å². The minimum atomic E-state index is -0.311. The second-order valence-electron chi connectivity index (χ2n) is 6.33. The van der Waals surface area contributed by atoms with Crippen LogP contribution in [0.3, 0.4) is 0 Å². The van der Waals surface area contributed by atoms with Crippen molar-refractivity contribution in [2.75, 3.05) is 6.61 Å². The number of amides is 2. The summed E-state index contributed by atoms with van der Waals surface area (Å²) in [6.45, 7) is 9.67. The molecule has 1 aromatic heterocycles. The van der Waals surface area contributed by atoms with Crippen LogP contribution in [-0.2, 0) is 16.1 Å². The highest BCUT2D eigenvalue weighted by Crippen LogP contribution is 2.16. The van der Waals surface area contributed by atoms with Crippen molar-refractivity contribution < 1.29 is 18.7 Å². The summed E-state index contributed by atoms with van der Waals surface area (Å²) in [7, 11) is 0. The van der Waals surface area contributed by atoms with E-state index in [0.717, 1.165) is 11.1 Å². The summed E-state index contributed by atoms with van der Waals surface area (Å²) in [6, 6.07) is 5.65. The number of aryl methyl sites for hydroxylation is 3. The molecule has 0 fully saturated rings. The van der Waals surface area contributed by atoms with Crippen molar-refractivity contribution in [3.63, 3.8) is 0 Å². The lowest BCUT2D eigenvalue weighted by molar-refractivity contribution is -0.123. The molecule has 0 aliphatic heterocycles. The van der Waals surface area contributed by atoms with Gasteiger partial charge < -0.3 is 19.8 Å². The number of carbonyl (C=O) groups is 2. The quantitative estimate of drug-likeness (QED) is 0.707. The molecule has 1 heterocycles. The van der Waals surface area contributed by atoms with Gasteiger partial charge in [-0.3, -0.25) is 9.59 Å². The van der Waals surface area contributed by atoms with Gasteiger partial charge in [-0.15, -0.1) is 0 Å². The van der Waals surface area contributed by atoms with Crippen molar-refractivity contribution in [1.29, 1.82) is 0 Å². The summed E-state index contributed by atoms with van der Waals surface area (Å²) in [4.78, 5) is 27.8. The first-order chi connectivity index (χ1) is 12.8. The first kappa shape index (κ1) is 20.2. The highest BCUT2D eigenvalue weighted by molar-refractivity contribution is 5.80. The molecule has 0 saturated heterocycles. The number of carbonyl (C=O) groups excluding carboxylic acids is 2. The topological polar surface area (TPSA) is 93.5 Å². The number of nitrogens with zero attached hydrogens (tertiary/aromatic N) is 1. The van der Waals surface area contributed by atoms with Crippen LogP contribution in [0.25, 0.3) is 0 Å². The molecule has 2 amide bonds. The molecule has 1 aromatic carbocycles. The molecule has 0 radical (unpaired) electrons. The largest absolute Gasteiger partial charge is 0.484 e. The van der Waals surface area contributed by atoms with Crippen LogP contribution in [0.15, 0.2) is 41.1 Å². The van der Waals surface area contributed by atoms with Gasteiger partial charge in [-0.1, -0.05) is 12.6 Å². The zero-order valence-corrected chi connectivity index (χ0v) is 15.9. The molecule has 0 saturated carbocycles. The van der Waals surface area contributed by atoms with E-state index < -0.39 is 0 Å². The maximum atomic E-state index is 11.9. The van der Waals surface area contributed by atoms with Gasteiger partial charge in [0.15, 0.2) is 6.61 Å². The van der Waals surface area contributed by atoms with Gasteiger partial charge in [0.1, 0.15) is 11.5 Å². The third-order valence-electron chi connectivity index (χ3n) is 3.92. The maximum Gasteiger partial charge on any atom is 0.262 e. The number of hydrogen-bond acceptors (Lipinski definition) is 5. The van der Waals surface area contributed by atoms with E-state index in [1.807, 2.05) is 32.0 Å². The van der Waals surface area contributed by atoms with E-state index in [1.165, 1.54) is 0 Å². The number of benzene rings is 1. The average Bonchev–Trinajstić information content (AvgIpc) is 3.04. The third-order valence-corrected chi connectivity index (χ3v) is 3.92. The fourth-order valence-corrected chi connectivity index (χ4v) is 2.26. The van der Waals surface area contributed by atoms with Gasteiger partial charge in [-0.2, -0.15) is 0 Å². The summed E-state index contributed by atoms with van der Waals surface area (Å²) in [5.74, 6) is 1.30. The number of ether oxygens (including phenoxy) is 1. The fourth-order valence-electron chi connectivity index (χ4n) is 2.26. The summed E-state index contributed by atoms with van der Waals surface area (Å²) in [6.07, 6.45) is 2.14. The Morgan fingerprint density at radius 1 is 1.15 bits per heavy atom. The van der Waals surface area contributed by atoms with Crippen LogP contribution < -0.4 is 15.4 Å². The van der Waals surface area contributed by atoms with Gasteiger partial charge in [-0.25, -0.2) is 4.98 Å². The lowest BCUT2D eigenvalue weighted by atomic mass is 10.1. The van der Waals surface area contributed by atoms with Gasteiger partial charge in [0, 0.05) is 12.1 Å². The Morgan fingerprint density at radius 2 is 1.93 bits per heavy atom. The van der Waals surface area contributed by atoms with Crippen molar-refractivity contribution in [1.82, 2.24) is 15.6 Å². The highest BCUT2D eigenvalue weighted by Gasteiger charge is 2.09. The number of aromatic nitrogens is 1. The van der Waals surface area contributed by atoms with Crippen LogP contribution in [0.1, 0.15) is 35.6 Å². The average molecular weight is 371 g/mol. The van der Waals surface area contributed by atoms with Gasteiger partial charge in [-0.05, 0) is 50.5 Å². The molecule has 0 atom stereocenters. The summed E-state index contributed by atoms with van der Waals surface area (Å²) >= 11 is 0. The molecule has 7 heteroatoms. The van der Waals surface area contributed by atoms with Gasteiger partial charge in [0.05, 0.1) is 12.7 Å². The van der Waals surface area contributed by atoms with E-state index in [2.05, 4.69) is 22.2 Å². The van der Waals surface area contributed by atoms with Gasteiger partial charge in [0.2, 0.25) is 11.8 Å². The van der Waals surface area contributed by atoms with Crippen LogP contribution in [-0.4, -0.2) is 23.4 Å². The molecule has 0 unspecified atom stereocenters. The van der Waals surface area contributed by atoms with Crippen LogP contribution in [0.2, 0.25) is 0 Å². The number of oxazole rings is 1. The zero-order valence-electron chi connectivity index (χ0n) is 15.9. The number of allylic oxidation sites excluding steroid dienone is 1. The number of hydrogen-bond donors (Lipinski definition) is 2. The van der Waals surface area contributed by atoms with E-state index >= 15 is 0 Å². The van der Waals surface area contributed by atoms with Gasteiger partial charge >= 0.3 is 0 Å². The molecule has 2 aromatic rings. The molecule has 27 heavy (non-hydrogen) atoms. The smallest absolute Gasteiger partial charge is 0.262 e. The van der Waals surface area contributed by atoms with E-state index in [9.17, 15) is 9.59 Å². The molecule has 0 bridgehead atoms. The summed E-state index contributed by atoms with van der Waals surface area (Å²) < 4.78 is 10.7. The lowest BCUT2D eigenvalue weighted by Crippen LogP contribution is -2.29. The zero-order chi connectivity index (χ0) is 19.8. The van der Waals surface area contributed by atoms with E-state index in [4.69, 9.17) is 9.15 Å². The Morgan fingerprint density at radius 3 is 2.59 bits per heavy atom. The van der Waals surface area contributed by atoms with E-state index in [1.54, 1.807) is 13.1 Å². The summed E-state index contributed by atoms with van der Waals surface area (Å²) in [5.41, 5.74) is 2.73. The Hall–Kier alpha value is -3.09. The highest BCUT2D eigenvalue weighted by atomic mass is 16.5. The van der Waals surface area contributed by atoms with Crippen molar-refractivity contribution in [2.45, 2.75) is 40.2 Å². The first-order valence-electron chi connectivity index (χ1n) is 8.69. The maximum absolute atomic E-state index is 11.9. The van der Waals surface area contributed by atoms with Crippen molar-refractivity contribution in [2.24, 2.45) is 0 Å². The van der Waals surface area contributed by atoms with Crippen molar-refractivity contribution in [3.8, 4) is 5.75 Å². The molecule has 7 nitrogen and oxygen atoms in total. The molecule has 0 spiro atoms. The Bertz CT molecular complexity index is 826. The molecule has 0 aliphatic carbocycles. The second kappa shape index (κ2) is 9.56. The Kier molecular flexibility index (Phi) is 7.16. The Balaban J connectivity index is 1.64. The minimum Gasteiger partial charge on any atom is -0.484 e. The van der Waals surface area contributed by atoms with Crippen molar-refractivity contribution >= 4 is 11.8 Å². The van der Waals surface area contributed by atoms with Crippen LogP contribution in [0, 0.1) is 20.8 Å². The molecular formula is C20H25N3O4. The van der Waals surface area contributed by atoms with Crippen LogP contribution >= 0.6 is 0 Å². The fraction of sp³-hybridized carbons (Fsp3) is 0.350. The van der Waals surface area contributed by atoms with Crippen LogP contribution in [0.4, 0.5) is 0 Å². The van der Waals surface area contributed by atoms with Crippen LogP contribution in [0.5, 0.6) is 5.75 Å². The van der Waals surface area contributed by atoms with E-state index in [-0.39, 0.29) is 31.4 Å². The number of rotatable bonds is 9. The predicted octanol–water partition coefficient (Wildman–Crippen LogP) is 2.71. The second-order valence-corrected chi connectivity index (χ2v) is 6.33. The molecule has 2 N–H and O–H groups in total. The minimum absolute atomic E-state index is 0.114. The first-order valence-corrected chi connectivity index (χ1v) is 8.69. The standard InChI is InChI=1S/C20H25N3O4/c1-13-5-7-17(9-14(13)2)26-12-19(25)23-15(3)6-8-18(24)21-11-20-22-10-16(4)27-20/h5,7,9-10H,3,6,8,11-12H2,1-2,4H3,(H,21,24)(H,23,25). The normalized spacial score (nSPS) is 10.3. The third kappa shape index (κ3) is 6.97. The predicted molar refractivity (Wildman–Crippen MR) is 101 cm³/mol.